The lowest BCUT2D eigenvalue weighted by molar-refractivity contribution is 0.355. The highest BCUT2D eigenvalue weighted by molar-refractivity contribution is 5.81. The fourth-order valence-electron chi connectivity index (χ4n) is 1.45. The molecule has 0 saturated heterocycles. The van der Waals surface area contributed by atoms with E-state index in [2.05, 4.69) is 9.40 Å². The van der Waals surface area contributed by atoms with Crippen LogP contribution >= 0.6 is 0 Å². The molecule has 0 N–H and O–H groups in total. The van der Waals surface area contributed by atoms with Gasteiger partial charge in [-0.1, -0.05) is 0 Å². The van der Waals surface area contributed by atoms with Gasteiger partial charge in [0.05, 0.1) is 25.1 Å². The summed E-state index contributed by atoms with van der Waals surface area (Å²) in [7, 11) is 2.93. The van der Waals surface area contributed by atoms with Gasteiger partial charge in [0.25, 0.3) is 0 Å². The predicted molar refractivity (Wildman–Crippen MR) is 58.1 cm³/mol. The van der Waals surface area contributed by atoms with Gasteiger partial charge in [-0.2, -0.15) is 5.26 Å². The van der Waals surface area contributed by atoms with E-state index in [1.165, 1.54) is 26.4 Å². The maximum atomic E-state index is 11.6. The van der Waals surface area contributed by atoms with Crippen molar-refractivity contribution in [3.05, 3.63) is 28.4 Å². The Morgan fingerprint density at radius 3 is 2.53 bits per heavy atom. The van der Waals surface area contributed by atoms with Gasteiger partial charge in [0.15, 0.2) is 17.6 Å². The van der Waals surface area contributed by atoms with Crippen LogP contribution in [0, 0.1) is 11.3 Å². The van der Waals surface area contributed by atoms with Crippen molar-refractivity contribution >= 4 is 10.9 Å². The van der Waals surface area contributed by atoms with Gasteiger partial charge < -0.3 is 13.9 Å². The summed E-state index contributed by atoms with van der Waals surface area (Å²) >= 11 is 0. The molecule has 6 nitrogen and oxygen atoms in total. The summed E-state index contributed by atoms with van der Waals surface area (Å²) in [6.07, 6.45) is 0. The van der Waals surface area contributed by atoms with Crippen LogP contribution in [0.15, 0.2) is 21.3 Å². The zero-order valence-electron chi connectivity index (χ0n) is 9.18. The number of hydrogen-bond acceptors (Lipinski definition) is 6. The number of nitrogens with zero attached hydrogens (tertiary/aromatic N) is 2. The van der Waals surface area contributed by atoms with Crippen LogP contribution < -0.4 is 15.1 Å². The van der Waals surface area contributed by atoms with E-state index in [1.54, 1.807) is 6.07 Å². The fraction of sp³-hybridized carbons (Fsp3) is 0.182. The second kappa shape index (κ2) is 4.14. The molecule has 0 aliphatic heterocycles. The molecular weight excluding hydrogens is 224 g/mol. The third-order valence-electron chi connectivity index (χ3n) is 2.23. The Balaban J connectivity index is 2.84. The van der Waals surface area contributed by atoms with Gasteiger partial charge in [-0.25, -0.2) is 9.78 Å². The van der Waals surface area contributed by atoms with Crippen molar-refractivity contribution in [2.45, 2.75) is 0 Å². The van der Waals surface area contributed by atoms with E-state index in [1.807, 2.05) is 0 Å². The highest BCUT2D eigenvalue weighted by atomic mass is 16.5. The molecule has 6 heteroatoms. The maximum Gasteiger partial charge on any atom is 0.347 e. The zero-order valence-corrected chi connectivity index (χ0v) is 9.18. The molecule has 1 heterocycles. The van der Waals surface area contributed by atoms with Crippen molar-refractivity contribution in [1.29, 1.82) is 5.26 Å². The molecule has 2 aromatic rings. The Bertz CT molecular complexity index is 669. The lowest BCUT2D eigenvalue weighted by Crippen LogP contribution is -2.04. The molecule has 0 spiro atoms. The third kappa shape index (κ3) is 1.78. The topological polar surface area (TPSA) is 85.4 Å². The molecule has 0 aliphatic carbocycles. The summed E-state index contributed by atoms with van der Waals surface area (Å²) in [5, 5.41) is 8.89. The lowest BCUT2D eigenvalue weighted by atomic mass is 10.2. The van der Waals surface area contributed by atoms with E-state index in [4.69, 9.17) is 14.7 Å². The van der Waals surface area contributed by atoms with Gasteiger partial charge in [0.2, 0.25) is 0 Å². The van der Waals surface area contributed by atoms with Gasteiger partial charge in [-0.05, 0) is 0 Å². The standard InChI is InChI=1S/C11H8N2O4/c1-15-8-3-6-7(4-9(8)16-2)13-10(5-12)17-11(6)14/h3-4H,1-2H3. The Hall–Kier alpha value is -2.55. The summed E-state index contributed by atoms with van der Waals surface area (Å²) in [6.45, 7) is 0. The maximum absolute atomic E-state index is 11.6. The molecule has 1 aromatic heterocycles. The van der Waals surface area contributed by atoms with E-state index in [0.29, 0.717) is 17.0 Å². The van der Waals surface area contributed by atoms with Crippen molar-refractivity contribution in [2.24, 2.45) is 0 Å². The quantitative estimate of drug-likeness (QED) is 0.770. The van der Waals surface area contributed by atoms with Gasteiger partial charge in [-0.3, -0.25) is 0 Å². The average molecular weight is 232 g/mol. The summed E-state index contributed by atoms with van der Waals surface area (Å²) in [4.78, 5) is 15.4. The molecular formula is C11H8N2O4. The number of hydrogen-bond donors (Lipinski definition) is 0. The SMILES string of the molecule is COc1cc2nc(C#N)oc(=O)c2cc1OC. The van der Waals surface area contributed by atoms with Gasteiger partial charge in [-0.15, -0.1) is 0 Å². The van der Waals surface area contributed by atoms with Crippen molar-refractivity contribution in [2.75, 3.05) is 14.2 Å². The average Bonchev–Trinajstić information content (AvgIpc) is 2.36. The molecule has 17 heavy (non-hydrogen) atoms. The molecule has 0 aliphatic rings. The molecule has 0 saturated carbocycles. The molecule has 0 radical (unpaired) electrons. The molecule has 0 unspecified atom stereocenters. The summed E-state index contributed by atoms with van der Waals surface area (Å²) < 4.78 is 14.8. The van der Waals surface area contributed by atoms with E-state index < -0.39 is 5.63 Å². The summed E-state index contributed by atoms with van der Waals surface area (Å²) in [6, 6.07) is 4.66. The van der Waals surface area contributed by atoms with Crippen molar-refractivity contribution in [1.82, 2.24) is 4.98 Å². The highest BCUT2D eigenvalue weighted by Gasteiger charge is 2.11. The van der Waals surface area contributed by atoms with Crippen molar-refractivity contribution in [3.8, 4) is 17.6 Å². The first-order valence-corrected chi connectivity index (χ1v) is 4.66. The normalized spacial score (nSPS) is 9.94. The van der Waals surface area contributed by atoms with E-state index in [-0.39, 0.29) is 11.3 Å². The third-order valence-corrected chi connectivity index (χ3v) is 2.23. The van der Waals surface area contributed by atoms with E-state index in [9.17, 15) is 4.79 Å². The molecule has 1 aromatic carbocycles. The van der Waals surface area contributed by atoms with Crippen LogP contribution in [0.1, 0.15) is 5.89 Å². The van der Waals surface area contributed by atoms with Crippen LogP contribution in [0.5, 0.6) is 11.5 Å². The largest absolute Gasteiger partial charge is 0.493 e. The monoisotopic (exact) mass is 232 g/mol. The molecule has 0 amide bonds. The number of methoxy groups -OCH3 is 2. The first kappa shape index (κ1) is 11.0. The highest BCUT2D eigenvalue weighted by Crippen LogP contribution is 2.29. The number of fused-ring (bicyclic) bond motifs is 1. The summed E-state index contributed by atoms with van der Waals surface area (Å²) in [5.74, 6) is 0.551. The second-order valence-corrected chi connectivity index (χ2v) is 3.14. The number of benzene rings is 1. The van der Waals surface area contributed by atoms with Gasteiger partial charge in [0.1, 0.15) is 0 Å². The van der Waals surface area contributed by atoms with Crippen LogP contribution in [-0.4, -0.2) is 19.2 Å². The van der Waals surface area contributed by atoms with E-state index in [0.717, 1.165) is 0 Å². The molecule has 0 fully saturated rings. The fourth-order valence-corrected chi connectivity index (χ4v) is 1.45. The Kier molecular flexibility index (Phi) is 2.66. The number of nitriles is 1. The first-order valence-electron chi connectivity index (χ1n) is 4.66. The Morgan fingerprint density at radius 1 is 1.29 bits per heavy atom. The van der Waals surface area contributed by atoms with Crippen LogP contribution in [0.3, 0.4) is 0 Å². The lowest BCUT2D eigenvalue weighted by Gasteiger charge is -2.07. The first-order chi connectivity index (χ1) is 8.19. The smallest absolute Gasteiger partial charge is 0.347 e. The molecule has 0 atom stereocenters. The Labute approximate surface area is 96.0 Å². The van der Waals surface area contributed by atoms with Crippen LogP contribution in [0.2, 0.25) is 0 Å². The second-order valence-electron chi connectivity index (χ2n) is 3.14. The van der Waals surface area contributed by atoms with Crippen LogP contribution in [-0.2, 0) is 0 Å². The number of ether oxygens (including phenoxy) is 2. The minimum absolute atomic E-state index is 0.238. The van der Waals surface area contributed by atoms with Crippen LogP contribution in [0.25, 0.3) is 10.9 Å². The summed E-state index contributed by atoms with van der Waals surface area (Å²) in [5.41, 5.74) is -0.303. The molecule has 0 bridgehead atoms. The number of rotatable bonds is 2. The van der Waals surface area contributed by atoms with Gasteiger partial charge in [0, 0.05) is 12.1 Å². The zero-order chi connectivity index (χ0) is 12.4. The van der Waals surface area contributed by atoms with Crippen molar-refractivity contribution < 1.29 is 13.9 Å². The predicted octanol–water partition coefficient (Wildman–Crippen LogP) is 1.08. The molecule has 2 rings (SSSR count). The van der Waals surface area contributed by atoms with E-state index >= 15 is 0 Å². The van der Waals surface area contributed by atoms with Crippen molar-refractivity contribution in [3.63, 3.8) is 0 Å². The minimum atomic E-state index is -0.632. The Morgan fingerprint density at radius 2 is 1.94 bits per heavy atom. The van der Waals surface area contributed by atoms with Crippen LogP contribution in [0.4, 0.5) is 0 Å². The number of aromatic nitrogens is 1. The van der Waals surface area contributed by atoms with Gasteiger partial charge >= 0.3 is 11.5 Å². The minimum Gasteiger partial charge on any atom is -0.493 e. The molecule has 86 valence electrons.